The Morgan fingerprint density at radius 2 is 1.69 bits per heavy atom. The molecule has 6 nitrogen and oxygen atoms in total. The first-order valence-corrected chi connectivity index (χ1v) is 9.06. The van der Waals surface area contributed by atoms with Crippen molar-refractivity contribution >= 4 is 17.4 Å². The average Bonchev–Trinajstić information content (AvgIpc) is 3.08. The molecule has 0 aliphatic heterocycles. The second kappa shape index (κ2) is 7.29. The van der Waals surface area contributed by atoms with E-state index in [0.717, 1.165) is 0 Å². The van der Waals surface area contributed by atoms with Crippen LogP contribution in [0.4, 0.5) is 5.69 Å². The van der Waals surface area contributed by atoms with Gasteiger partial charge in [-0.1, -0.05) is 17.7 Å². The lowest BCUT2D eigenvalue weighted by atomic mass is 10.1. The van der Waals surface area contributed by atoms with Crippen LogP contribution in [0.3, 0.4) is 0 Å². The molecule has 1 aromatic heterocycles. The highest BCUT2D eigenvalue weighted by atomic mass is 32.2. The third-order valence-corrected chi connectivity index (χ3v) is 5.45. The van der Waals surface area contributed by atoms with Gasteiger partial charge in [-0.15, -0.1) is 22.0 Å². The van der Waals surface area contributed by atoms with Crippen LogP contribution in [0.2, 0.25) is 0 Å². The largest absolute Gasteiger partial charge is 0.419 e. The van der Waals surface area contributed by atoms with Gasteiger partial charge in [-0.2, -0.15) is 0 Å². The van der Waals surface area contributed by atoms with Gasteiger partial charge in [-0.25, -0.2) is 0 Å². The zero-order valence-electron chi connectivity index (χ0n) is 15.0. The zero-order valence-corrected chi connectivity index (χ0v) is 15.8. The number of nitrogens with zero attached hydrogens (tertiary/aromatic N) is 3. The Balaban J connectivity index is 1.80. The van der Waals surface area contributed by atoms with Crippen LogP contribution in [-0.4, -0.2) is 15.1 Å². The van der Waals surface area contributed by atoms with Crippen molar-refractivity contribution in [3.05, 3.63) is 69.1 Å². The van der Waals surface area contributed by atoms with Gasteiger partial charge >= 0.3 is 0 Å². The van der Waals surface area contributed by atoms with Crippen LogP contribution >= 0.6 is 11.8 Å². The number of benzene rings is 2. The smallest absolute Gasteiger partial charge is 0.269 e. The van der Waals surface area contributed by atoms with Gasteiger partial charge in [0.15, 0.2) is 0 Å². The van der Waals surface area contributed by atoms with Gasteiger partial charge in [0.05, 0.1) is 10.2 Å². The lowest BCUT2D eigenvalue weighted by Crippen LogP contribution is -1.93. The molecular formula is C19H19N3O3S. The normalized spacial score (nSPS) is 12.2. The van der Waals surface area contributed by atoms with Crippen molar-refractivity contribution in [2.24, 2.45) is 0 Å². The molecule has 3 aromatic rings. The van der Waals surface area contributed by atoms with Crippen LogP contribution in [0, 0.1) is 30.9 Å². The molecule has 0 spiro atoms. The maximum Gasteiger partial charge on any atom is 0.269 e. The molecule has 0 aliphatic rings. The van der Waals surface area contributed by atoms with E-state index < -0.39 is 4.92 Å². The summed E-state index contributed by atoms with van der Waals surface area (Å²) in [4.78, 5) is 11.5. The van der Waals surface area contributed by atoms with Crippen molar-refractivity contribution in [1.29, 1.82) is 0 Å². The molecule has 0 saturated heterocycles. The highest BCUT2D eigenvalue weighted by molar-refractivity contribution is 7.99. The van der Waals surface area contributed by atoms with Crippen LogP contribution in [0.1, 0.15) is 34.8 Å². The predicted molar refractivity (Wildman–Crippen MR) is 101 cm³/mol. The summed E-state index contributed by atoms with van der Waals surface area (Å²) in [5.41, 5.74) is 4.40. The second-order valence-electron chi connectivity index (χ2n) is 6.24. The molecule has 0 amide bonds. The first-order chi connectivity index (χ1) is 12.3. The number of non-ortho nitro benzene ring substituents is 1. The fraction of sp³-hybridized carbons (Fsp3) is 0.263. The molecule has 2 aromatic carbocycles. The van der Waals surface area contributed by atoms with Crippen molar-refractivity contribution in [2.75, 3.05) is 0 Å². The van der Waals surface area contributed by atoms with Crippen molar-refractivity contribution in [3.8, 4) is 11.5 Å². The highest BCUT2D eigenvalue weighted by Crippen LogP contribution is 2.38. The van der Waals surface area contributed by atoms with E-state index in [1.54, 1.807) is 23.9 Å². The third kappa shape index (κ3) is 3.77. The minimum atomic E-state index is -0.437. The van der Waals surface area contributed by atoms with Gasteiger partial charge in [0.25, 0.3) is 5.69 Å². The van der Waals surface area contributed by atoms with Gasteiger partial charge in [0.2, 0.25) is 11.8 Å². The summed E-state index contributed by atoms with van der Waals surface area (Å²) in [6, 6.07) is 10.4. The van der Waals surface area contributed by atoms with E-state index in [1.807, 2.05) is 6.92 Å². The lowest BCUT2D eigenvalue weighted by molar-refractivity contribution is -0.384. The molecular weight excluding hydrogens is 350 g/mol. The van der Waals surface area contributed by atoms with Crippen LogP contribution in [0.25, 0.3) is 11.5 Å². The Morgan fingerprint density at radius 1 is 1.08 bits per heavy atom. The van der Waals surface area contributed by atoms with Gasteiger partial charge < -0.3 is 4.42 Å². The van der Waals surface area contributed by atoms with Crippen molar-refractivity contribution in [2.45, 2.75) is 37.8 Å². The van der Waals surface area contributed by atoms with Crippen molar-refractivity contribution in [3.63, 3.8) is 0 Å². The molecule has 0 radical (unpaired) electrons. The van der Waals surface area contributed by atoms with Crippen LogP contribution in [0.5, 0.6) is 0 Å². The molecule has 3 rings (SSSR count). The molecule has 1 atom stereocenters. The van der Waals surface area contributed by atoms with E-state index in [1.165, 1.54) is 33.7 Å². The van der Waals surface area contributed by atoms with Gasteiger partial charge in [-0.3, -0.25) is 10.1 Å². The number of hydrogen-bond acceptors (Lipinski definition) is 6. The number of rotatable bonds is 5. The quantitative estimate of drug-likeness (QED) is 0.339. The first kappa shape index (κ1) is 18.1. The summed E-state index contributed by atoms with van der Waals surface area (Å²) in [5, 5.41) is 19.0. The summed E-state index contributed by atoms with van der Waals surface area (Å²) < 4.78 is 5.79. The number of thioether (sulfide) groups is 1. The second-order valence-corrected chi connectivity index (χ2v) is 7.59. The summed E-state index contributed by atoms with van der Waals surface area (Å²) in [6.45, 7) is 8.32. The van der Waals surface area contributed by atoms with E-state index in [2.05, 4.69) is 43.1 Å². The van der Waals surface area contributed by atoms with E-state index in [0.29, 0.717) is 17.3 Å². The maximum absolute atomic E-state index is 10.7. The first-order valence-electron chi connectivity index (χ1n) is 8.18. The highest BCUT2D eigenvalue weighted by Gasteiger charge is 2.18. The Bertz CT molecular complexity index is 928. The van der Waals surface area contributed by atoms with Gasteiger partial charge in [-0.05, 0) is 51.0 Å². The standard InChI is InChI=1S/C19H19N3O3S/c1-11-9-12(2)17(13(3)10-11)26-14(4)18-20-21-19(25-18)15-5-7-16(8-6-15)22(23)24/h5-10,14H,1-4H3/t14-/m0/s1. The topological polar surface area (TPSA) is 82.1 Å². The van der Waals surface area contributed by atoms with Crippen LogP contribution in [-0.2, 0) is 0 Å². The Morgan fingerprint density at radius 3 is 2.27 bits per heavy atom. The summed E-state index contributed by atoms with van der Waals surface area (Å²) in [6.07, 6.45) is 0. The van der Waals surface area contributed by atoms with Gasteiger partial charge in [0, 0.05) is 22.6 Å². The molecule has 26 heavy (non-hydrogen) atoms. The number of nitro benzene ring substituents is 1. The Labute approximate surface area is 155 Å². The number of nitro groups is 1. The Hall–Kier alpha value is -2.67. The van der Waals surface area contributed by atoms with Gasteiger partial charge in [0.1, 0.15) is 0 Å². The molecule has 1 heterocycles. The van der Waals surface area contributed by atoms with E-state index >= 15 is 0 Å². The summed E-state index contributed by atoms with van der Waals surface area (Å²) in [7, 11) is 0. The fourth-order valence-electron chi connectivity index (χ4n) is 2.82. The van der Waals surface area contributed by atoms with E-state index in [-0.39, 0.29) is 10.9 Å². The zero-order chi connectivity index (χ0) is 18.8. The molecule has 0 unspecified atom stereocenters. The lowest BCUT2D eigenvalue weighted by Gasteiger charge is -2.13. The molecule has 134 valence electrons. The molecule has 0 aliphatic carbocycles. The molecule has 0 bridgehead atoms. The van der Waals surface area contributed by atoms with Crippen LogP contribution in [0.15, 0.2) is 45.7 Å². The monoisotopic (exact) mass is 369 g/mol. The Kier molecular flexibility index (Phi) is 5.08. The maximum atomic E-state index is 10.7. The van der Waals surface area contributed by atoms with Crippen LogP contribution < -0.4 is 0 Å². The van der Waals surface area contributed by atoms with Crippen molar-refractivity contribution < 1.29 is 9.34 Å². The molecule has 0 saturated carbocycles. The summed E-state index contributed by atoms with van der Waals surface area (Å²) in [5.74, 6) is 0.891. The molecule has 7 heteroatoms. The van der Waals surface area contributed by atoms with E-state index in [4.69, 9.17) is 4.42 Å². The third-order valence-electron chi connectivity index (χ3n) is 4.01. The fourth-order valence-corrected chi connectivity index (χ4v) is 3.86. The minimum absolute atomic E-state index is 0.00518. The molecule has 0 fully saturated rings. The average molecular weight is 369 g/mol. The minimum Gasteiger partial charge on any atom is -0.419 e. The summed E-state index contributed by atoms with van der Waals surface area (Å²) >= 11 is 1.69. The van der Waals surface area contributed by atoms with E-state index in [9.17, 15) is 10.1 Å². The van der Waals surface area contributed by atoms with Crippen molar-refractivity contribution in [1.82, 2.24) is 10.2 Å². The predicted octanol–water partition coefficient (Wildman–Crippen LogP) is 5.42. The number of hydrogen-bond donors (Lipinski definition) is 0. The molecule has 0 N–H and O–H groups in total. The number of aromatic nitrogens is 2. The number of aryl methyl sites for hydroxylation is 3. The SMILES string of the molecule is Cc1cc(C)c(S[C@@H](C)c2nnc(-c3ccc([N+](=O)[O-])cc3)o2)c(C)c1.